The number of amides is 2. The number of aromatic nitrogens is 2. The van der Waals surface area contributed by atoms with Crippen LogP contribution < -0.4 is 10.6 Å². The van der Waals surface area contributed by atoms with E-state index in [-0.39, 0.29) is 11.8 Å². The number of aliphatic carboxylic acids is 1. The molecular weight excluding hydrogens is 369 g/mol. The standard InChI is InChI=1S/C14H14N4O2.C2HF3O2/c1-15-14(20)12-6-8(2-4-16-12)11-7-9-10(18-11)3-5-17-13(9)19;3-2(4,5)1(6)7/h2,4,6-7,18H,3,5H2,1H3,(H,15,20)(H,17,19);(H,6,7). The van der Waals surface area contributed by atoms with Gasteiger partial charge in [0.1, 0.15) is 5.69 Å². The SMILES string of the molecule is CNC(=O)c1cc(-c2cc3c([nH]2)CCNC3=O)ccn1.O=C(O)C(F)(F)F. The van der Waals surface area contributed by atoms with Gasteiger partial charge in [0.05, 0.1) is 5.56 Å². The predicted octanol–water partition coefficient (Wildman–Crippen LogP) is 1.36. The van der Waals surface area contributed by atoms with Gasteiger partial charge in [-0.2, -0.15) is 13.2 Å². The van der Waals surface area contributed by atoms with Crippen molar-refractivity contribution in [1.29, 1.82) is 0 Å². The molecule has 3 rings (SSSR count). The molecule has 0 aliphatic carbocycles. The summed E-state index contributed by atoms with van der Waals surface area (Å²) in [4.78, 5) is 39.5. The van der Waals surface area contributed by atoms with Crippen LogP contribution in [0, 0.1) is 0 Å². The number of pyridine rings is 1. The summed E-state index contributed by atoms with van der Waals surface area (Å²) in [5.74, 6) is -3.05. The van der Waals surface area contributed by atoms with Crippen LogP contribution in [-0.2, 0) is 11.2 Å². The molecule has 2 amide bonds. The fourth-order valence-electron chi connectivity index (χ4n) is 2.30. The van der Waals surface area contributed by atoms with Crippen molar-refractivity contribution < 1.29 is 32.7 Å². The van der Waals surface area contributed by atoms with Crippen LogP contribution in [0.15, 0.2) is 24.4 Å². The predicted molar refractivity (Wildman–Crippen MR) is 87.1 cm³/mol. The van der Waals surface area contributed by atoms with E-state index in [0.717, 1.165) is 23.4 Å². The van der Waals surface area contributed by atoms with Crippen molar-refractivity contribution in [3.05, 3.63) is 41.3 Å². The van der Waals surface area contributed by atoms with Crippen LogP contribution in [0.25, 0.3) is 11.3 Å². The zero-order chi connectivity index (χ0) is 20.2. The molecule has 0 spiro atoms. The van der Waals surface area contributed by atoms with Crippen LogP contribution in [0.4, 0.5) is 13.2 Å². The van der Waals surface area contributed by atoms with Gasteiger partial charge in [-0.15, -0.1) is 0 Å². The summed E-state index contributed by atoms with van der Waals surface area (Å²) in [5, 5.41) is 12.5. The summed E-state index contributed by atoms with van der Waals surface area (Å²) in [5.41, 5.74) is 3.61. The van der Waals surface area contributed by atoms with E-state index in [1.807, 2.05) is 12.1 Å². The van der Waals surface area contributed by atoms with E-state index < -0.39 is 12.1 Å². The molecule has 0 saturated carbocycles. The first-order valence-electron chi connectivity index (χ1n) is 7.62. The van der Waals surface area contributed by atoms with E-state index in [0.29, 0.717) is 17.8 Å². The number of carboxylic acid groups (broad SMARTS) is 1. The van der Waals surface area contributed by atoms with Gasteiger partial charge in [0.25, 0.3) is 11.8 Å². The highest BCUT2D eigenvalue weighted by atomic mass is 19.4. The smallest absolute Gasteiger partial charge is 0.475 e. The number of rotatable bonds is 2. The maximum absolute atomic E-state index is 11.7. The lowest BCUT2D eigenvalue weighted by molar-refractivity contribution is -0.192. The van der Waals surface area contributed by atoms with Crippen molar-refractivity contribution in [2.75, 3.05) is 13.6 Å². The van der Waals surface area contributed by atoms with E-state index in [1.165, 1.54) is 0 Å². The number of carboxylic acids is 1. The molecular formula is C16H15F3N4O4. The second-order valence-electron chi connectivity index (χ2n) is 5.39. The lowest BCUT2D eigenvalue weighted by Gasteiger charge is -2.10. The van der Waals surface area contributed by atoms with Crippen LogP contribution in [-0.4, -0.2) is 52.6 Å². The first-order chi connectivity index (χ1) is 12.6. The number of H-pyrrole nitrogens is 1. The van der Waals surface area contributed by atoms with E-state index in [2.05, 4.69) is 20.6 Å². The first kappa shape index (κ1) is 19.9. The summed E-state index contributed by atoms with van der Waals surface area (Å²) in [6.07, 6.45) is -2.71. The normalized spacial score (nSPS) is 13.0. The number of nitrogens with one attached hydrogen (secondary N) is 3. The third-order valence-electron chi connectivity index (χ3n) is 3.58. The number of fused-ring (bicyclic) bond motifs is 1. The highest BCUT2D eigenvalue weighted by Gasteiger charge is 2.38. The van der Waals surface area contributed by atoms with Gasteiger partial charge in [-0.3, -0.25) is 14.6 Å². The number of nitrogens with zero attached hydrogens (tertiary/aromatic N) is 1. The van der Waals surface area contributed by atoms with Gasteiger partial charge in [-0.1, -0.05) is 0 Å². The highest BCUT2D eigenvalue weighted by molar-refractivity contribution is 5.98. The van der Waals surface area contributed by atoms with Crippen molar-refractivity contribution in [3.8, 4) is 11.3 Å². The minimum atomic E-state index is -5.08. The Bertz CT molecular complexity index is 877. The van der Waals surface area contributed by atoms with Gasteiger partial charge < -0.3 is 20.7 Å². The van der Waals surface area contributed by atoms with Crippen molar-refractivity contribution >= 4 is 17.8 Å². The molecule has 0 atom stereocenters. The molecule has 0 saturated heterocycles. The van der Waals surface area contributed by atoms with Crippen LogP contribution in [0.5, 0.6) is 0 Å². The summed E-state index contributed by atoms with van der Waals surface area (Å²) < 4.78 is 31.7. The maximum atomic E-state index is 11.7. The van der Waals surface area contributed by atoms with E-state index >= 15 is 0 Å². The Morgan fingerprint density at radius 2 is 1.96 bits per heavy atom. The van der Waals surface area contributed by atoms with E-state index in [9.17, 15) is 22.8 Å². The van der Waals surface area contributed by atoms with E-state index in [1.54, 1.807) is 19.3 Å². The largest absolute Gasteiger partial charge is 0.490 e. The van der Waals surface area contributed by atoms with Crippen molar-refractivity contribution in [2.45, 2.75) is 12.6 Å². The second kappa shape index (κ2) is 7.89. The Labute approximate surface area is 150 Å². The van der Waals surface area contributed by atoms with Gasteiger partial charge in [0.2, 0.25) is 0 Å². The van der Waals surface area contributed by atoms with Crippen LogP contribution >= 0.6 is 0 Å². The van der Waals surface area contributed by atoms with E-state index in [4.69, 9.17) is 9.90 Å². The van der Waals surface area contributed by atoms with Crippen molar-refractivity contribution in [3.63, 3.8) is 0 Å². The molecule has 0 radical (unpaired) electrons. The quantitative estimate of drug-likeness (QED) is 0.622. The molecule has 0 unspecified atom stereocenters. The van der Waals surface area contributed by atoms with Crippen LogP contribution in [0.3, 0.4) is 0 Å². The van der Waals surface area contributed by atoms with Gasteiger partial charge in [-0.05, 0) is 18.2 Å². The van der Waals surface area contributed by atoms with Crippen molar-refractivity contribution in [2.24, 2.45) is 0 Å². The molecule has 2 aromatic heterocycles. The molecule has 1 aliphatic rings. The number of carbonyl (C=O) groups is 3. The third kappa shape index (κ3) is 4.84. The Kier molecular flexibility index (Phi) is 5.83. The molecule has 0 bridgehead atoms. The van der Waals surface area contributed by atoms with Gasteiger partial charge in [0.15, 0.2) is 0 Å². The van der Waals surface area contributed by atoms with Crippen LogP contribution in [0.1, 0.15) is 26.5 Å². The Morgan fingerprint density at radius 3 is 2.52 bits per heavy atom. The zero-order valence-electron chi connectivity index (χ0n) is 14.0. The first-order valence-corrected chi connectivity index (χ1v) is 7.62. The average molecular weight is 384 g/mol. The minimum Gasteiger partial charge on any atom is -0.475 e. The fourth-order valence-corrected chi connectivity index (χ4v) is 2.30. The number of halogens is 3. The molecule has 144 valence electrons. The molecule has 0 aromatic carbocycles. The average Bonchev–Trinajstić information content (AvgIpc) is 3.06. The fraction of sp³-hybridized carbons (Fsp3) is 0.250. The maximum Gasteiger partial charge on any atom is 0.490 e. The Hall–Kier alpha value is -3.37. The molecule has 11 heteroatoms. The summed E-state index contributed by atoms with van der Waals surface area (Å²) >= 11 is 0. The lowest BCUT2D eigenvalue weighted by Crippen LogP contribution is -2.31. The number of hydrogen-bond acceptors (Lipinski definition) is 4. The number of carbonyl (C=O) groups excluding carboxylic acids is 2. The van der Waals surface area contributed by atoms with Gasteiger partial charge in [-0.25, -0.2) is 4.79 Å². The summed E-state index contributed by atoms with van der Waals surface area (Å²) in [7, 11) is 1.56. The molecule has 4 N–H and O–H groups in total. The van der Waals surface area contributed by atoms with Gasteiger partial charge in [0, 0.05) is 43.2 Å². The molecule has 8 nitrogen and oxygen atoms in total. The zero-order valence-corrected chi connectivity index (χ0v) is 14.0. The number of aromatic amines is 1. The Balaban J connectivity index is 0.000000321. The topological polar surface area (TPSA) is 124 Å². The van der Waals surface area contributed by atoms with Gasteiger partial charge >= 0.3 is 12.1 Å². The van der Waals surface area contributed by atoms with Crippen molar-refractivity contribution in [1.82, 2.24) is 20.6 Å². The molecule has 27 heavy (non-hydrogen) atoms. The molecule has 1 aliphatic heterocycles. The highest BCUT2D eigenvalue weighted by Crippen LogP contribution is 2.24. The molecule has 0 fully saturated rings. The number of alkyl halides is 3. The second-order valence-corrected chi connectivity index (χ2v) is 5.39. The molecule has 2 aromatic rings. The monoisotopic (exact) mass is 384 g/mol. The third-order valence-corrected chi connectivity index (χ3v) is 3.58. The minimum absolute atomic E-state index is 0.0608. The number of hydrogen-bond donors (Lipinski definition) is 4. The summed E-state index contributed by atoms with van der Waals surface area (Å²) in [6.45, 7) is 0.644. The Morgan fingerprint density at radius 1 is 1.30 bits per heavy atom. The molecule has 3 heterocycles. The lowest BCUT2D eigenvalue weighted by atomic mass is 10.1. The van der Waals surface area contributed by atoms with Crippen LogP contribution in [0.2, 0.25) is 0 Å². The summed E-state index contributed by atoms with van der Waals surface area (Å²) in [6, 6.07) is 5.32.